The standard InChI is InChI=1S/C15H17ClNO3/c1-17(14(19)20-2)15(10-6-5-9-13(15)18)11-7-3-4-8-12(11)16/h3-4,7-8H,2,5-6,9-10H2,1H3. The Bertz CT molecular complexity index is 532. The van der Waals surface area contributed by atoms with Crippen molar-refractivity contribution in [2.75, 3.05) is 7.05 Å². The summed E-state index contributed by atoms with van der Waals surface area (Å²) in [5, 5.41) is 0.478. The first-order valence-electron chi connectivity index (χ1n) is 6.52. The number of benzene rings is 1. The summed E-state index contributed by atoms with van der Waals surface area (Å²) in [6.07, 6.45) is 2.02. The molecule has 0 aliphatic heterocycles. The fourth-order valence-corrected chi connectivity index (χ4v) is 3.17. The van der Waals surface area contributed by atoms with Crippen LogP contribution < -0.4 is 0 Å². The summed E-state index contributed by atoms with van der Waals surface area (Å²) in [5.74, 6) is -0.00949. The van der Waals surface area contributed by atoms with Gasteiger partial charge < -0.3 is 4.74 Å². The topological polar surface area (TPSA) is 46.6 Å². The average molecular weight is 295 g/mol. The molecule has 5 heteroatoms. The Morgan fingerprint density at radius 1 is 1.40 bits per heavy atom. The first-order valence-corrected chi connectivity index (χ1v) is 6.90. The van der Waals surface area contributed by atoms with E-state index in [1.165, 1.54) is 4.90 Å². The largest absolute Gasteiger partial charge is 0.446 e. The number of carbonyl (C=O) groups is 2. The quantitative estimate of drug-likeness (QED) is 0.838. The van der Waals surface area contributed by atoms with Gasteiger partial charge in [-0.15, -0.1) is 0 Å². The zero-order valence-corrected chi connectivity index (χ0v) is 12.2. The fraction of sp³-hybridized carbons (Fsp3) is 0.400. The van der Waals surface area contributed by atoms with Crippen LogP contribution in [0.2, 0.25) is 5.02 Å². The van der Waals surface area contributed by atoms with Crippen LogP contribution in [0.5, 0.6) is 0 Å². The lowest BCUT2D eigenvalue weighted by Gasteiger charge is -2.42. The molecule has 1 aromatic rings. The van der Waals surface area contributed by atoms with Crippen molar-refractivity contribution in [2.45, 2.75) is 31.2 Å². The minimum atomic E-state index is -1.05. The third kappa shape index (κ3) is 2.29. The number of ketones is 1. The van der Waals surface area contributed by atoms with Crippen molar-refractivity contribution >= 4 is 23.5 Å². The molecule has 4 nitrogen and oxygen atoms in total. The highest BCUT2D eigenvalue weighted by molar-refractivity contribution is 6.31. The SMILES string of the molecule is [CH2]OC(=O)N(C)C1(c2ccccc2Cl)CCCCC1=O. The lowest BCUT2D eigenvalue weighted by Crippen LogP contribution is -2.54. The van der Waals surface area contributed by atoms with Crippen molar-refractivity contribution in [3.63, 3.8) is 0 Å². The molecule has 1 aromatic carbocycles. The first-order chi connectivity index (χ1) is 9.54. The molecule has 0 heterocycles. The van der Waals surface area contributed by atoms with Crippen molar-refractivity contribution in [1.29, 1.82) is 0 Å². The van der Waals surface area contributed by atoms with E-state index in [1.807, 2.05) is 6.07 Å². The maximum Gasteiger partial charge on any atom is 0.410 e. The molecule has 0 spiro atoms. The maximum absolute atomic E-state index is 12.6. The Morgan fingerprint density at radius 3 is 2.70 bits per heavy atom. The number of ether oxygens (including phenoxy) is 1. The minimum absolute atomic E-state index is 0.00949. The third-order valence-corrected chi connectivity index (χ3v) is 4.27. The van der Waals surface area contributed by atoms with Gasteiger partial charge in [0, 0.05) is 24.1 Å². The van der Waals surface area contributed by atoms with Crippen LogP contribution in [0.25, 0.3) is 0 Å². The van der Waals surface area contributed by atoms with E-state index in [-0.39, 0.29) is 5.78 Å². The van der Waals surface area contributed by atoms with Crippen LogP contribution in [0.1, 0.15) is 31.2 Å². The van der Waals surface area contributed by atoms with Crippen molar-refractivity contribution in [3.05, 3.63) is 42.0 Å². The maximum atomic E-state index is 12.6. The van der Waals surface area contributed by atoms with E-state index in [2.05, 4.69) is 11.8 Å². The molecule has 1 saturated carbocycles. The molecule has 0 saturated heterocycles. The molecule has 2 rings (SSSR count). The van der Waals surface area contributed by atoms with E-state index in [1.54, 1.807) is 25.2 Å². The van der Waals surface area contributed by atoms with Crippen LogP contribution in [0.3, 0.4) is 0 Å². The van der Waals surface area contributed by atoms with E-state index in [4.69, 9.17) is 11.6 Å². The molecular formula is C15H17ClNO3. The highest BCUT2D eigenvalue weighted by Crippen LogP contribution is 2.42. The summed E-state index contributed by atoms with van der Waals surface area (Å²) in [7, 11) is 4.69. The predicted octanol–water partition coefficient (Wildman–Crippen LogP) is 3.54. The molecule has 1 aliphatic carbocycles. The average Bonchev–Trinajstić information content (AvgIpc) is 2.47. The van der Waals surface area contributed by atoms with Gasteiger partial charge in [0.25, 0.3) is 0 Å². The van der Waals surface area contributed by atoms with Gasteiger partial charge in [-0.05, 0) is 25.3 Å². The van der Waals surface area contributed by atoms with Gasteiger partial charge in [0.15, 0.2) is 5.78 Å². The Labute approximate surface area is 123 Å². The van der Waals surface area contributed by atoms with Crippen molar-refractivity contribution in [1.82, 2.24) is 4.90 Å². The molecule has 1 radical (unpaired) electrons. The normalized spacial score (nSPS) is 22.4. The van der Waals surface area contributed by atoms with E-state index in [9.17, 15) is 9.59 Å². The van der Waals surface area contributed by atoms with Crippen LogP contribution in [0.15, 0.2) is 24.3 Å². The smallest absolute Gasteiger partial charge is 0.410 e. The number of likely N-dealkylation sites (N-methyl/N-ethyl adjacent to an activating group) is 1. The van der Waals surface area contributed by atoms with E-state index < -0.39 is 11.6 Å². The molecule has 0 N–H and O–H groups in total. The zero-order chi connectivity index (χ0) is 14.8. The minimum Gasteiger partial charge on any atom is -0.446 e. The molecule has 1 fully saturated rings. The van der Waals surface area contributed by atoms with Crippen LogP contribution in [-0.4, -0.2) is 23.8 Å². The second-order valence-corrected chi connectivity index (χ2v) is 5.35. The van der Waals surface area contributed by atoms with Crippen molar-refractivity contribution in [2.24, 2.45) is 0 Å². The molecule has 1 amide bonds. The molecule has 1 atom stereocenters. The van der Waals surface area contributed by atoms with Gasteiger partial charge in [0.1, 0.15) is 12.6 Å². The first kappa shape index (κ1) is 14.9. The monoisotopic (exact) mass is 294 g/mol. The second-order valence-electron chi connectivity index (χ2n) is 4.94. The summed E-state index contributed by atoms with van der Waals surface area (Å²) in [6, 6.07) is 7.13. The molecule has 0 bridgehead atoms. The summed E-state index contributed by atoms with van der Waals surface area (Å²) in [5.41, 5.74) is -0.398. The lowest BCUT2D eigenvalue weighted by atomic mass is 9.74. The zero-order valence-electron chi connectivity index (χ0n) is 11.4. The van der Waals surface area contributed by atoms with Crippen molar-refractivity contribution < 1.29 is 14.3 Å². The predicted molar refractivity (Wildman–Crippen MR) is 76.2 cm³/mol. The number of rotatable bonds is 2. The molecular weight excluding hydrogens is 278 g/mol. The van der Waals surface area contributed by atoms with Crippen molar-refractivity contribution in [3.8, 4) is 0 Å². The Morgan fingerprint density at radius 2 is 2.10 bits per heavy atom. The van der Waals surface area contributed by atoms with E-state index >= 15 is 0 Å². The molecule has 1 unspecified atom stereocenters. The summed E-state index contributed by atoms with van der Waals surface area (Å²) in [6.45, 7) is 0. The molecule has 107 valence electrons. The third-order valence-electron chi connectivity index (χ3n) is 3.94. The summed E-state index contributed by atoms with van der Waals surface area (Å²) >= 11 is 6.26. The van der Waals surface area contributed by atoms with Crippen LogP contribution in [-0.2, 0) is 15.1 Å². The Balaban J connectivity index is 2.58. The highest BCUT2D eigenvalue weighted by atomic mass is 35.5. The van der Waals surface area contributed by atoms with Crippen LogP contribution in [0.4, 0.5) is 4.79 Å². The number of halogens is 1. The van der Waals surface area contributed by atoms with Gasteiger partial charge in [-0.1, -0.05) is 29.8 Å². The number of nitrogens with zero attached hydrogens (tertiary/aromatic N) is 1. The number of amides is 1. The molecule has 1 aliphatic rings. The van der Waals surface area contributed by atoms with E-state index in [0.29, 0.717) is 23.4 Å². The fourth-order valence-electron chi connectivity index (χ4n) is 2.88. The van der Waals surface area contributed by atoms with E-state index in [0.717, 1.165) is 12.8 Å². The molecule has 0 aromatic heterocycles. The molecule has 20 heavy (non-hydrogen) atoms. The number of hydrogen-bond acceptors (Lipinski definition) is 3. The summed E-state index contributed by atoms with van der Waals surface area (Å²) < 4.78 is 4.54. The number of carbonyl (C=O) groups excluding carboxylic acids is 2. The van der Waals surface area contributed by atoms with Crippen LogP contribution >= 0.6 is 11.6 Å². The van der Waals surface area contributed by atoms with Crippen LogP contribution in [0, 0.1) is 7.11 Å². The van der Waals surface area contributed by atoms with Gasteiger partial charge >= 0.3 is 6.09 Å². The van der Waals surface area contributed by atoms with Gasteiger partial charge in [-0.3, -0.25) is 9.69 Å². The Hall–Kier alpha value is -1.55. The van der Waals surface area contributed by atoms with Gasteiger partial charge in [0.05, 0.1) is 0 Å². The lowest BCUT2D eigenvalue weighted by molar-refractivity contribution is -0.133. The number of Topliss-reactive ketones (excluding diaryl/α,β-unsaturated/α-hetero) is 1. The van der Waals surface area contributed by atoms with Gasteiger partial charge in [-0.25, -0.2) is 4.79 Å². The second kappa shape index (κ2) is 5.83. The number of hydrogen-bond donors (Lipinski definition) is 0. The Kier molecular flexibility index (Phi) is 4.33. The summed E-state index contributed by atoms with van der Waals surface area (Å²) in [4.78, 5) is 25.8. The van der Waals surface area contributed by atoms with Gasteiger partial charge in [-0.2, -0.15) is 0 Å². The highest BCUT2D eigenvalue weighted by Gasteiger charge is 2.48. The van der Waals surface area contributed by atoms with Gasteiger partial charge in [0.2, 0.25) is 0 Å².